The van der Waals surface area contributed by atoms with E-state index in [1.165, 1.54) is 11.8 Å². The summed E-state index contributed by atoms with van der Waals surface area (Å²) in [5.41, 5.74) is 8.15. The zero-order valence-electron chi connectivity index (χ0n) is 18.0. The van der Waals surface area contributed by atoms with E-state index in [0.29, 0.717) is 42.3 Å². The highest BCUT2D eigenvalue weighted by molar-refractivity contribution is 7.98. The summed E-state index contributed by atoms with van der Waals surface area (Å²) in [5.74, 6) is -0.122. The van der Waals surface area contributed by atoms with Crippen LogP contribution in [0.25, 0.3) is 11.3 Å². The van der Waals surface area contributed by atoms with Crippen molar-refractivity contribution in [2.45, 2.75) is 24.9 Å². The smallest absolute Gasteiger partial charge is 0.326 e. The van der Waals surface area contributed by atoms with Gasteiger partial charge in [0.2, 0.25) is 5.88 Å². The molecule has 1 aromatic heterocycles. The molecular weight excluding hydrogens is 448 g/mol. The van der Waals surface area contributed by atoms with Gasteiger partial charge < -0.3 is 26.2 Å². The molecule has 0 fully saturated rings. The lowest BCUT2D eigenvalue weighted by Gasteiger charge is -2.16. The number of carboxylic acids is 1. The van der Waals surface area contributed by atoms with Crippen molar-refractivity contribution in [2.75, 3.05) is 36.2 Å². The maximum atomic E-state index is 12.3. The number of hydrogen-bond donors (Lipinski definition) is 5. The van der Waals surface area contributed by atoms with Gasteiger partial charge in [-0.05, 0) is 37.0 Å². The molecule has 1 amide bonds. The van der Waals surface area contributed by atoms with Gasteiger partial charge in [0.15, 0.2) is 6.61 Å². The number of carbonyl (C=O) groups excluding carboxylic acids is 1. The molecule has 0 radical (unpaired) electrons. The number of aromatic nitrogens is 1. The van der Waals surface area contributed by atoms with Gasteiger partial charge >= 0.3 is 5.97 Å². The third kappa shape index (κ3) is 8.60. The maximum Gasteiger partial charge on any atom is 0.326 e. The Bertz CT molecular complexity index is 870. The number of rotatable bonds is 14. The Morgan fingerprint density at radius 3 is 2.62 bits per heavy atom. The lowest BCUT2D eigenvalue weighted by molar-refractivity contribution is -0.142. The molecule has 10 heteroatoms. The average Bonchev–Trinajstić information content (AvgIpc) is 2.81. The van der Waals surface area contributed by atoms with Crippen molar-refractivity contribution in [1.82, 2.24) is 10.3 Å². The van der Waals surface area contributed by atoms with Crippen molar-refractivity contribution in [3.8, 4) is 17.1 Å². The number of thioether (sulfide) groups is 1. The standard InChI is InChI=1S/C22H30N4O4S2/c1-32-12-10-19(22(28)29)25-20(27)13-30-21-18(24-11-9-16(23)14-31)8-7-17(26-21)15-5-3-2-4-6-15/h2-8,16,19,24,31H,9-14,23H2,1H3,(H,25,27)(H,28,29)/t16?,19-/m0/s1. The first-order valence-corrected chi connectivity index (χ1v) is 12.3. The van der Waals surface area contributed by atoms with Crippen LogP contribution in [-0.2, 0) is 9.59 Å². The molecule has 0 aliphatic rings. The fourth-order valence-corrected chi connectivity index (χ4v) is 3.46. The number of pyridine rings is 1. The van der Waals surface area contributed by atoms with Crippen LogP contribution in [0.5, 0.6) is 5.88 Å². The molecule has 1 unspecified atom stereocenters. The molecule has 0 saturated heterocycles. The van der Waals surface area contributed by atoms with Crippen molar-refractivity contribution in [1.29, 1.82) is 0 Å². The Hall–Kier alpha value is -2.43. The lowest BCUT2D eigenvalue weighted by atomic mass is 10.1. The van der Waals surface area contributed by atoms with Crippen LogP contribution in [0.3, 0.4) is 0 Å². The number of thiol groups is 1. The number of amides is 1. The summed E-state index contributed by atoms with van der Waals surface area (Å²) in [5, 5.41) is 15.0. The second-order valence-corrected chi connectivity index (χ2v) is 8.45. The summed E-state index contributed by atoms with van der Waals surface area (Å²) >= 11 is 5.71. The predicted molar refractivity (Wildman–Crippen MR) is 133 cm³/mol. The van der Waals surface area contributed by atoms with Gasteiger partial charge in [-0.3, -0.25) is 4.79 Å². The number of ether oxygens (including phenoxy) is 1. The molecule has 1 aromatic carbocycles. The van der Waals surface area contributed by atoms with E-state index < -0.39 is 17.9 Å². The van der Waals surface area contributed by atoms with Gasteiger partial charge in [0.05, 0.1) is 11.4 Å². The summed E-state index contributed by atoms with van der Waals surface area (Å²) in [4.78, 5) is 28.3. The van der Waals surface area contributed by atoms with Crippen LogP contribution in [0, 0.1) is 0 Å². The van der Waals surface area contributed by atoms with E-state index in [1.54, 1.807) is 0 Å². The summed E-state index contributed by atoms with van der Waals surface area (Å²) in [6, 6.07) is 12.3. The van der Waals surface area contributed by atoms with Gasteiger partial charge in [-0.1, -0.05) is 30.3 Å². The fourth-order valence-electron chi connectivity index (χ4n) is 2.80. The highest BCUT2D eigenvalue weighted by Gasteiger charge is 2.20. The Balaban J connectivity index is 2.11. The van der Waals surface area contributed by atoms with Crippen LogP contribution in [0.2, 0.25) is 0 Å². The summed E-state index contributed by atoms with van der Waals surface area (Å²) in [6.45, 7) is 0.242. The number of carbonyl (C=O) groups is 2. The van der Waals surface area contributed by atoms with E-state index in [9.17, 15) is 14.7 Å². The van der Waals surface area contributed by atoms with Gasteiger partial charge in [-0.25, -0.2) is 9.78 Å². The van der Waals surface area contributed by atoms with E-state index in [-0.39, 0.29) is 18.5 Å². The molecule has 174 valence electrons. The fraction of sp³-hybridized carbons (Fsp3) is 0.409. The van der Waals surface area contributed by atoms with Crippen molar-refractivity contribution < 1.29 is 19.4 Å². The van der Waals surface area contributed by atoms with Gasteiger partial charge in [0.1, 0.15) is 6.04 Å². The Kier molecular flexibility index (Phi) is 11.2. The predicted octanol–water partition coefficient (Wildman–Crippen LogP) is 2.51. The third-order valence-corrected chi connectivity index (χ3v) is 5.69. The molecule has 5 N–H and O–H groups in total. The van der Waals surface area contributed by atoms with E-state index in [0.717, 1.165) is 5.56 Å². The second kappa shape index (κ2) is 13.9. The zero-order chi connectivity index (χ0) is 23.3. The topological polar surface area (TPSA) is 127 Å². The van der Waals surface area contributed by atoms with Gasteiger partial charge in [0.25, 0.3) is 5.91 Å². The van der Waals surface area contributed by atoms with Gasteiger partial charge in [-0.2, -0.15) is 24.4 Å². The van der Waals surface area contributed by atoms with Gasteiger partial charge in [0, 0.05) is 23.9 Å². The number of aliphatic carboxylic acids is 1. The van der Waals surface area contributed by atoms with Crippen molar-refractivity contribution in [3.63, 3.8) is 0 Å². The quantitative estimate of drug-likeness (QED) is 0.262. The minimum atomic E-state index is -1.07. The molecule has 0 bridgehead atoms. The molecule has 2 rings (SSSR count). The molecule has 0 spiro atoms. The van der Waals surface area contributed by atoms with E-state index in [1.807, 2.05) is 48.7 Å². The first-order chi connectivity index (χ1) is 15.4. The van der Waals surface area contributed by atoms with Crippen LogP contribution in [0.1, 0.15) is 12.8 Å². The minimum absolute atomic E-state index is 0.0354. The Labute approximate surface area is 198 Å². The third-order valence-electron chi connectivity index (χ3n) is 4.58. The van der Waals surface area contributed by atoms with Crippen LogP contribution < -0.4 is 21.1 Å². The highest BCUT2D eigenvalue weighted by atomic mass is 32.2. The number of carboxylic acid groups (broad SMARTS) is 1. The second-order valence-electron chi connectivity index (χ2n) is 7.10. The number of anilines is 1. The highest BCUT2D eigenvalue weighted by Crippen LogP contribution is 2.27. The van der Waals surface area contributed by atoms with E-state index >= 15 is 0 Å². The summed E-state index contributed by atoms with van der Waals surface area (Å²) in [6.07, 6.45) is 2.93. The van der Waals surface area contributed by atoms with Crippen molar-refractivity contribution in [3.05, 3.63) is 42.5 Å². The van der Waals surface area contributed by atoms with Crippen molar-refractivity contribution in [2.24, 2.45) is 5.73 Å². The molecular formula is C22H30N4O4S2. The normalized spacial score (nSPS) is 12.6. The molecule has 0 saturated carbocycles. The Morgan fingerprint density at radius 1 is 1.22 bits per heavy atom. The number of nitrogens with one attached hydrogen (secondary N) is 2. The summed E-state index contributed by atoms with van der Waals surface area (Å²) in [7, 11) is 0. The average molecular weight is 479 g/mol. The van der Waals surface area contributed by atoms with Gasteiger partial charge in [-0.15, -0.1) is 0 Å². The SMILES string of the molecule is CSCC[C@H](NC(=O)COc1nc(-c2ccccc2)ccc1NCCC(N)CS)C(=O)O. The van der Waals surface area contributed by atoms with E-state index in [2.05, 4.69) is 28.2 Å². The summed E-state index contributed by atoms with van der Waals surface area (Å²) < 4.78 is 5.70. The lowest BCUT2D eigenvalue weighted by Crippen LogP contribution is -2.43. The first-order valence-electron chi connectivity index (χ1n) is 10.2. The molecule has 2 aromatic rings. The number of benzene rings is 1. The molecule has 2 atom stereocenters. The van der Waals surface area contributed by atoms with Crippen LogP contribution in [0.4, 0.5) is 5.69 Å². The molecule has 0 aliphatic carbocycles. The zero-order valence-corrected chi connectivity index (χ0v) is 19.7. The number of hydrogen-bond acceptors (Lipinski definition) is 8. The molecule has 8 nitrogen and oxygen atoms in total. The van der Waals surface area contributed by atoms with Crippen LogP contribution >= 0.6 is 24.4 Å². The van der Waals surface area contributed by atoms with E-state index in [4.69, 9.17) is 10.5 Å². The molecule has 0 aliphatic heterocycles. The minimum Gasteiger partial charge on any atom is -0.480 e. The maximum absolute atomic E-state index is 12.3. The van der Waals surface area contributed by atoms with Crippen molar-refractivity contribution >= 4 is 42.0 Å². The van der Waals surface area contributed by atoms with Crippen LogP contribution in [0.15, 0.2) is 42.5 Å². The Morgan fingerprint density at radius 2 is 1.97 bits per heavy atom. The number of nitrogens with zero attached hydrogens (tertiary/aromatic N) is 1. The monoisotopic (exact) mass is 478 g/mol. The first kappa shape index (κ1) is 25.8. The number of nitrogens with two attached hydrogens (primary N) is 1. The molecule has 32 heavy (non-hydrogen) atoms. The molecule has 1 heterocycles. The largest absolute Gasteiger partial charge is 0.480 e. The van der Waals surface area contributed by atoms with Crippen LogP contribution in [-0.4, -0.2) is 65.0 Å².